The lowest BCUT2D eigenvalue weighted by Crippen LogP contribution is -2.42. The van der Waals surface area contributed by atoms with Crippen LogP contribution < -0.4 is 10.1 Å². The molecule has 9 nitrogen and oxygen atoms in total. The Morgan fingerprint density at radius 2 is 1.64 bits per heavy atom. The molecule has 0 saturated heterocycles. The molecule has 0 saturated carbocycles. The second-order valence-corrected chi connectivity index (χ2v) is 9.40. The zero-order valence-corrected chi connectivity index (χ0v) is 18.4. The summed E-state index contributed by atoms with van der Waals surface area (Å²) in [6.45, 7) is -0.844. The van der Waals surface area contributed by atoms with Gasteiger partial charge < -0.3 is 14.5 Å². The Hall–Kier alpha value is -3.92. The number of fused-ring (bicyclic) bond motifs is 1. The van der Waals surface area contributed by atoms with Crippen molar-refractivity contribution >= 4 is 27.6 Å². The fraction of sp³-hybridized carbons (Fsp3) is 0.174. The van der Waals surface area contributed by atoms with Crippen LogP contribution >= 0.6 is 0 Å². The molecule has 0 unspecified atom stereocenters. The van der Waals surface area contributed by atoms with Crippen LogP contribution in [-0.2, 0) is 14.6 Å². The Kier molecular flexibility index (Phi) is 6.01. The molecule has 0 radical (unpaired) electrons. The number of rotatable bonds is 8. The van der Waals surface area contributed by atoms with Gasteiger partial charge in [0.25, 0.3) is 11.8 Å². The van der Waals surface area contributed by atoms with Gasteiger partial charge >= 0.3 is 0 Å². The molecule has 1 aliphatic heterocycles. The molecule has 0 aliphatic carbocycles. The Balaban J connectivity index is 1.50. The SMILES string of the molecule is COc1ccc(S(=O)(=O)[C@@H](CNC(=O)CN2C(=O)c3ccccc3C2=O)c2ccco2)cc1. The third-order valence-electron chi connectivity index (χ3n) is 5.29. The predicted octanol–water partition coefficient (Wildman–Crippen LogP) is 2.22. The second kappa shape index (κ2) is 8.91. The van der Waals surface area contributed by atoms with Crippen molar-refractivity contribution < 1.29 is 32.0 Å². The highest BCUT2D eigenvalue weighted by Crippen LogP contribution is 2.30. The lowest BCUT2D eigenvalue weighted by molar-refractivity contribution is -0.121. The molecule has 3 amide bonds. The monoisotopic (exact) mass is 468 g/mol. The number of benzene rings is 2. The third kappa shape index (κ3) is 4.24. The molecule has 3 aromatic rings. The molecule has 2 heterocycles. The molecule has 0 bridgehead atoms. The van der Waals surface area contributed by atoms with Crippen molar-refractivity contribution in [2.45, 2.75) is 10.1 Å². The van der Waals surface area contributed by atoms with Gasteiger partial charge in [0, 0.05) is 6.54 Å². The first-order valence-corrected chi connectivity index (χ1v) is 11.5. The van der Waals surface area contributed by atoms with Crippen LogP contribution in [0.3, 0.4) is 0 Å². The minimum absolute atomic E-state index is 0.0271. The standard InChI is InChI=1S/C23H20N2O7S/c1-31-15-8-10-16(11-9-15)33(29,30)20(19-7-4-12-32-19)13-24-21(26)14-25-22(27)17-5-2-3-6-18(17)23(25)28/h2-12,20H,13-14H2,1H3,(H,24,26)/t20-/m0/s1. The fourth-order valence-corrected chi connectivity index (χ4v) is 5.14. The van der Waals surface area contributed by atoms with Gasteiger partial charge in [0.1, 0.15) is 23.3 Å². The lowest BCUT2D eigenvalue weighted by atomic mass is 10.1. The number of hydrogen-bond acceptors (Lipinski definition) is 7. The summed E-state index contributed by atoms with van der Waals surface area (Å²) in [5.41, 5.74) is 0.455. The number of carbonyl (C=O) groups excluding carboxylic acids is 3. The largest absolute Gasteiger partial charge is 0.497 e. The van der Waals surface area contributed by atoms with Gasteiger partial charge in [-0.15, -0.1) is 0 Å². The summed E-state index contributed by atoms with van der Waals surface area (Å²) in [5, 5.41) is 1.30. The van der Waals surface area contributed by atoms with Crippen LogP contribution in [0, 0.1) is 0 Å². The summed E-state index contributed by atoms with van der Waals surface area (Å²) in [5.74, 6) is -1.17. The van der Waals surface area contributed by atoms with Gasteiger partial charge in [0.15, 0.2) is 9.84 Å². The summed E-state index contributed by atoms with van der Waals surface area (Å²) in [6.07, 6.45) is 1.34. The van der Waals surface area contributed by atoms with E-state index in [0.29, 0.717) is 5.75 Å². The fourth-order valence-electron chi connectivity index (χ4n) is 3.56. The highest BCUT2D eigenvalue weighted by atomic mass is 32.2. The van der Waals surface area contributed by atoms with Gasteiger partial charge in [-0.25, -0.2) is 8.42 Å². The van der Waals surface area contributed by atoms with E-state index in [2.05, 4.69) is 5.32 Å². The van der Waals surface area contributed by atoms with Crippen molar-refractivity contribution in [2.24, 2.45) is 0 Å². The number of methoxy groups -OCH3 is 1. The molecular weight excluding hydrogens is 448 g/mol. The van der Waals surface area contributed by atoms with Crippen molar-refractivity contribution in [1.29, 1.82) is 0 Å². The van der Waals surface area contributed by atoms with Crippen LogP contribution in [0.1, 0.15) is 31.7 Å². The van der Waals surface area contributed by atoms with E-state index in [1.165, 1.54) is 55.8 Å². The Morgan fingerprint density at radius 3 is 2.18 bits per heavy atom. The number of nitrogens with one attached hydrogen (secondary N) is 1. The number of ether oxygens (including phenoxy) is 1. The predicted molar refractivity (Wildman–Crippen MR) is 116 cm³/mol. The summed E-state index contributed by atoms with van der Waals surface area (Å²) in [7, 11) is -2.48. The van der Waals surface area contributed by atoms with Gasteiger partial charge in [-0.05, 0) is 48.5 Å². The molecule has 33 heavy (non-hydrogen) atoms. The quantitative estimate of drug-likeness (QED) is 0.503. The molecule has 170 valence electrons. The lowest BCUT2D eigenvalue weighted by Gasteiger charge is -2.18. The van der Waals surface area contributed by atoms with Crippen molar-refractivity contribution in [3.05, 3.63) is 83.8 Å². The summed E-state index contributed by atoms with van der Waals surface area (Å²) in [6, 6.07) is 15.2. The molecule has 1 atom stereocenters. The molecule has 0 fully saturated rings. The van der Waals surface area contributed by atoms with Crippen molar-refractivity contribution in [2.75, 3.05) is 20.2 Å². The number of imide groups is 1. The van der Waals surface area contributed by atoms with Crippen LogP contribution in [-0.4, -0.2) is 51.2 Å². The first-order chi connectivity index (χ1) is 15.8. The maximum absolute atomic E-state index is 13.3. The Morgan fingerprint density at radius 1 is 1.00 bits per heavy atom. The number of sulfone groups is 1. The minimum atomic E-state index is -3.95. The molecule has 1 aromatic heterocycles. The first kappa shape index (κ1) is 22.3. The maximum atomic E-state index is 13.3. The average molecular weight is 468 g/mol. The minimum Gasteiger partial charge on any atom is -0.497 e. The van der Waals surface area contributed by atoms with E-state index in [1.807, 2.05) is 0 Å². The summed E-state index contributed by atoms with van der Waals surface area (Å²) < 4.78 is 36.9. The molecule has 1 N–H and O–H groups in total. The Bertz CT molecular complexity index is 1260. The second-order valence-electron chi connectivity index (χ2n) is 7.27. The molecule has 10 heteroatoms. The highest BCUT2D eigenvalue weighted by molar-refractivity contribution is 7.91. The van der Waals surface area contributed by atoms with Crippen molar-refractivity contribution in [3.63, 3.8) is 0 Å². The molecule has 2 aromatic carbocycles. The van der Waals surface area contributed by atoms with Crippen LogP contribution in [0.4, 0.5) is 0 Å². The number of hydrogen-bond donors (Lipinski definition) is 1. The number of carbonyl (C=O) groups is 3. The van der Waals surface area contributed by atoms with E-state index in [-0.39, 0.29) is 28.3 Å². The van der Waals surface area contributed by atoms with Crippen LogP contribution in [0.2, 0.25) is 0 Å². The van der Waals surface area contributed by atoms with E-state index in [9.17, 15) is 22.8 Å². The van der Waals surface area contributed by atoms with Crippen LogP contribution in [0.25, 0.3) is 0 Å². The van der Waals surface area contributed by atoms with E-state index in [1.54, 1.807) is 18.2 Å². The number of furan rings is 1. The van der Waals surface area contributed by atoms with E-state index in [0.717, 1.165) is 4.90 Å². The molecule has 0 spiro atoms. The number of amides is 3. The van der Waals surface area contributed by atoms with Gasteiger partial charge in [-0.3, -0.25) is 19.3 Å². The van der Waals surface area contributed by atoms with E-state index in [4.69, 9.17) is 9.15 Å². The topological polar surface area (TPSA) is 123 Å². The van der Waals surface area contributed by atoms with Gasteiger partial charge in [-0.2, -0.15) is 0 Å². The van der Waals surface area contributed by atoms with Crippen molar-refractivity contribution in [1.82, 2.24) is 10.2 Å². The summed E-state index contributed by atoms with van der Waals surface area (Å²) in [4.78, 5) is 38.4. The van der Waals surface area contributed by atoms with Gasteiger partial charge in [-0.1, -0.05) is 12.1 Å². The highest BCUT2D eigenvalue weighted by Gasteiger charge is 2.37. The normalized spacial score (nSPS) is 14.2. The molecule has 1 aliphatic rings. The van der Waals surface area contributed by atoms with E-state index >= 15 is 0 Å². The number of nitrogens with zero attached hydrogens (tertiary/aromatic N) is 1. The Labute approximate surface area is 189 Å². The first-order valence-electron chi connectivity index (χ1n) is 9.96. The zero-order valence-electron chi connectivity index (χ0n) is 17.6. The zero-order chi connectivity index (χ0) is 23.6. The van der Waals surface area contributed by atoms with Gasteiger partial charge in [0.2, 0.25) is 5.91 Å². The molecule has 4 rings (SSSR count). The smallest absolute Gasteiger partial charge is 0.262 e. The van der Waals surface area contributed by atoms with Crippen LogP contribution in [0.15, 0.2) is 76.2 Å². The van der Waals surface area contributed by atoms with E-state index < -0.39 is 39.4 Å². The summed E-state index contributed by atoms with van der Waals surface area (Å²) >= 11 is 0. The van der Waals surface area contributed by atoms with Gasteiger partial charge in [0.05, 0.1) is 29.4 Å². The average Bonchev–Trinajstić information content (AvgIpc) is 3.43. The maximum Gasteiger partial charge on any atom is 0.262 e. The molecular formula is C23H20N2O7S. The third-order valence-corrected chi connectivity index (χ3v) is 7.36. The van der Waals surface area contributed by atoms with Crippen molar-refractivity contribution in [3.8, 4) is 5.75 Å². The van der Waals surface area contributed by atoms with Crippen LogP contribution in [0.5, 0.6) is 5.75 Å².